The molecule has 0 rings (SSSR count). The normalized spacial score (nSPS) is 12.4. The lowest BCUT2D eigenvalue weighted by atomic mass is 10.2. The number of alkyl carbamates (subject to hydrolysis) is 1. The quantitative estimate of drug-likeness (QED) is 0.574. The van der Waals surface area contributed by atoms with E-state index in [4.69, 9.17) is 9.47 Å². The number of carbonyl (C=O) groups is 2. The third-order valence-electron chi connectivity index (χ3n) is 1.92. The Bertz CT molecular complexity index is 251. The van der Waals surface area contributed by atoms with Gasteiger partial charge in [0.1, 0.15) is 0 Å². The summed E-state index contributed by atoms with van der Waals surface area (Å²) in [7, 11) is 0. The molecule has 0 aliphatic rings. The Morgan fingerprint density at radius 3 is 2.18 bits per heavy atom. The van der Waals surface area contributed by atoms with Crippen molar-refractivity contribution < 1.29 is 19.1 Å². The van der Waals surface area contributed by atoms with E-state index < -0.39 is 12.4 Å². The molecule has 0 aromatic heterocycles. The van der Waals surface area contributed by atoms with Crippen molar-refractivity contribution in [3.05, 3.63) is 6.92 Å². The maximum absolute atomic E-state index is 11.4. The molecule has 0 aliphatic carbocycles. The number of rotatable bonds is 6. The molecule has 0 bridgehead atoms. The summed E-state index contributed by atoms with van der Waals surface area (Å²) in [6.45, 7) is 11.1. The maximum atomic E-state index is 11.4. The molecular formula is C12H22NO4. The molecule has 0 aromatic rings. The van der Waals surface area contributed by atoms with Crippen LogP contribution in [0.25, 0.3) is 0 Å². The highest BCUT2D eigenvalue weighted by atomic mass is 16.7. The van der Waals surface area contributed by atoms with Crippen molar-refractivity contribution in [3.63, 3.8) is 0 Å². The molecule has 0 saturated heterocycles. The van der Waals surface area contributed by atoms with E-state index in [2.05, 4.69) is 12.2 Å². The lowest BCUT2D eigenvalue weighted by Crippen LogP contribution is -2.35. The second-order valence-corrected chi connectivity index (χ2v) is 4.39. The number of nitrogens with one attached hydrogen (secondary N) is 1. The molecule has 0 aromatic carbocycles. The second kappa shape index (κ2) is 7.92. The minimum Gasteiger partial charge on any atom is -0.425 e. The third kappa shape index (κ3) is 6.81. The molecule has 1 amide bonds. The summed E-state index contributed by atoms with van der Waals surface area (Å²) in [5.41, 5.74) is 0. The Morgan fingerprint density at radius 1 is 1.18 bits per heavy atom. The Labute approximate surface area is 103 Å². The van der Waals surface area contributed by atoms with Gasteiger partial charge in [0.15, 0.2) is 0 Å². The lowest BCUT2D eigenvalue weighted by Gasteiger charge is -2.22. The van der Waals surface area contributed by atoms with Gasteiger partial charge in [-0.2, -0.15) is 0 Å². The van der Waals surface area contributed by atoms with E-state index in [9.17, 15) is 9.59 Å². The highest BCUT2D eigenvalue weighted by molar-refractivity contribution is 5.72. The summed E-state index contributed by atoms with van der Waals surface area (Å²) >= 11 is 0. The van der Waals surface area contributed by atoms with Crippen LogP contribution in [0.2, 0.25) is 0 Å². The molecule has 17 heavy (non-hydrogen) atoms. The van der Waals surface area contributed by atoms with Gasteiger partial charge in [0.25, 0.3) is 6.29 Å². The zero-order chi connectivity index (χ0) is 13.4. The molecule has 0 saturated carbocycles. The first-order valence-electron chi connectivity index (χ1n) is 5.82. The molecule has 0 spiro atoms. The average molecular weight is 244 g/mol. The van der Waals surface area contributed by atoms with Gasteiger partial charge in [0, 0.05) is 12.5 Å². The van der Waals surface area contributed by atoms with Crippen LogP contribution in [0.5, 0.6) is 0 Å². The zero-order valence-electron chi connectivity index (χ0n) is 11.0. The van der Waals surface area contributed by atoms with Crippen LogP contribution in [-0.2, 0) is 14.3 Å². The standard InChI is InChI=1S/C12H22NO4/c1-6-7-13-12(15)17-11(9(4)5)16-10(14)8(2)3/h8-9,11H,1,6-7H2,2-5H3,(H,13,15)/t11-/m1/s1. The minimum atomic E-state index is -0.852. The average Bonchev–Trinajstić information content (AvgIpc) is 2.24. The smallest absolute Gasteiger partial charge is 0.410 e. The zero-order valence-corrected chi connectivity index (χ0v) is 11.0. The van der Waals surface area contributed by atoms with Crippen LogP contribution in [0.1, 0.15) is 34.1 Å². The van der Waals surface area contributed by atoms with Gasteiger partial charge in [0.05, 0.1) is 5.92 Å². The first kappa shape index (κ1) is 15.7. The fourth-order valence-electron chi connectivity index (χ4n) is 0.884. The van der Waals surface area contributed by atoms with E-state index in [1.54, 1.807) is 13.8 Å². The van der Waals surface area contributed by atoms with Gasteiger partial charge in [-0.25, -0.2) is 4.79 Å². The van der Waals surface area contributed by atoms with Crippen molar-refractivity contribution >= 4 is 12.1 Å². The van der Waals surface area contributed by atoms with Gasteiger partial charge in [-0.3, -0.25) is 4.79 Å². The van der Waals surface area contributed by atoms with E-state index >= 15 is 0 Å². The van der Waals surface area contributed by atoms with E-state index in [0.717, 1.165) is 0 Å². The van der Waals surface area contributed by atoms with Gasteiger partial charge < -0.3 is 14.8 Å². The first-order valence-corrected chi connectivity index (χ1v) is 5.82. The van der Waals surface area contributed by atoms with Crippen LogP contribution in [-0.4, -0.2) is 24.9 Å². The monoisotopic (exact) mass is 244 g/mol. The Morgan fingerprint density at radius 2 is 1.76 bits per heavy atom. The van der Waals surface area contributed by atoms with Crippen molar-refractivity contribution in [1.82, 2.24) is 5.32 Å². The second-order valence-electron chi connectivity index (χ2n) is 4.39. The summed E-state index contributed by atoms with van der Waals surface area (Å²) in [4.78, 5) is 22.7. The van der Waals surface area contributed by atoms with Gasteiger partial charge in [-0.05, 0) is 6.42 Å². The lowest BCUT2D eigenvalue weighted by molar-refractivity contribution is -0.178. The van der Waals surface area contributed by atoms with Gasteiger partial charge in [-0.15, -0.1) is 0 Å². The van der Waals surface area contributed by atoms with Crippen LogP contribution in [0.4, 0.5) is 4.79 Å². The Kier molecular flexibility index (Phi) is 7.34. The highest BCUT2D eigenvalue weighted by Gasteiger charge is 2.23. The van der Waals surface area contributed by atoms with Crippen molar-refractivity contribution in [2.24, 2.45) is 11.8 Å². The number of hydrogen-bond donors (Lipinski definition) is 1. The predicted molar refractivity (Wildman–Crippen MR) is 64.0 cm³/mol. The third-order valence-corrected chi connectivity index (χ3v) is 1.92. The molecule has 5 heteroatoms. The molecule has 1 atom stereocenters. The number of esters is 1. The molecule has 0 heterocycles. The van der Waals surface area contributed by atoms with Crippen molar-refractivity contribution in [3.8, 4) is 0 Å². The number of amides is 1. The van der Waals surface area contributed by atoms with E-state index in [-0.39, 0.29) is 17.8 Å². The van der Waals surface area contributed by atoms with Crippen molar-refractivity contribution in [2.75, 3.05) is 6.54 Å². The molecule has 99 valence electrons. The summed E-state index contributed by atoms with van der Waals surface area (Å²) < 4.78 is 10.1. The first-order chi connectivity index (χ1) is 7.88. The van der Waals surface area contributed by atoms with E-state index in [1.807, 2.05) is 13.8 Å². The van der Waals surface area contributed by atoms with Gasteiger partial charge in [-0.1, -0.05) is 34.6 Å². The molecule has 5 nitrogen and oxygen atoms in total. The largest absolute Gasteiger partial charge is 0.425 e. The fourth-order valence-corrected chi connectivity index (χ4v) is 0.884. The number of hydrogen-bond acceptors (Lipinski definition) is 4. The number of ether oxygens (including phenoxy) is 2. The summed E-state index contributed by atoms with van der Waals surface area (Å²) in [6, 6.07) is 0. The fraction of sp³-hybridized carbons (Fsp3) is 0.750. The molecule has 1 radical (unpaired) electrons. The number of carbonyl (C=O) groups excluding carboxylic acids is 2. The van der Waals surface area contributed by atoms with Crippen LogP contribution in [0.15, 0.2) is 0 Å². The Balaban J connectivity index is 4.24. The molecule has 0 aliphatic heterocycles. The summed E-state index contributed by atoms with van der Waals surface area (Å²) in [6.07, 6.45) is -0.869. The van der Waals surface area contributed by atoms with Gasteiger partial charge >= 0.3 is 12.1 Å². The van der Waals surface area contributed by atoms with Crippen LogP contribution in [0.3, 0.4) is 0 Å². The molecule has 0 fully saturated rings. The molecule has 0 unspecified atom stereocenters. The Hall–Kier alpha value is -1.26. The highest BCUT2D eigenvalue weighted by Crippen LogP contribution is 2.11. The SMILES string of the molecule is [CH2]CCNC(=O)O[C@@H](OC(=O)C(C)C)C(C)C. The van der Waals surface area contributed by atoms with E-state index in [1.165, 1.54) is 0 Å². The van der Waals surface area contributed by atoms with E-state index in [0.29, 0.717) is 13.0 Å². The van der Waals surface area contributed by atoms with Crippen molar-refractivity contribution in [1.29, 1.82) is 0 Å². The topological polar surface area (TPSA) is 64.6 Å². The summed E-state index contributed by atoms with van der Waals surface area (Å²) in [5, 5.41) is 2.51. The van der Waals surface area contributed by atoms with Crippen LogP contribution in [0, 0.1) is 18.8 Å². The molecule has 1 N–H and O–H groups in total. The van der Waals surface area contributed by atoms with Crippen molar-refractivity contribution in [2.45, 2.75) is 40.4 Å². The van der Waals surface area contributed by atoms with Gasteiger partial charge in [0.2, 0.25) is 0 Å². The maximum Gasteiger partial charge on any atom is 0.410 e. The van der Waals surface area contributed by atoms with Crippen LogP contribution >= 0.6 is 0 Å². The summed E-state index contributed by atoms with van der Waals surface area (Å²) in [5.74, 6) is -0.723. The van der Waals surface area contributed by atoms with Crippen LogP contribution < -0.4 is 5.32 Å². The molecular weight excluding hydrogens is 222 g/mol. The predicted octanol–water partition coefficient (Wildman–Crippen LogP) is 2.12. The minimum absolute atomic E-state index is 0.0943.